The third kappa shape index (κ3) is 5.32. The van der Waals surface area contributed by atoms with Gasteiger partial charge in [0.15, 0.2) is 0 Å². The molecule has 0 amide bonds. The highest BCUT2D eigenvalue weighted by Crippen LogP contribution is 2.31. The number of unbranched alkanes of at least 4 members (excludes halogenated alkanes) is 1. The van der Waals surface area contributed by atoms with Gasteiger partial charge in [-0.25, -0.2) is 0 Å². The highest BCUT2D eigenvalue weighted by Gasteiger charge is 2.35. The molecule has 1 saturated carbocycles. The number of hydrogen-bond acceptors (Lipinski definition) is 4. The van der Waals surface area contributed by atoms with Gasteiger partial charge in [-0.15, -0.1) is 0 Å². The minimum atomic E-state index is 0.450. The van der Waals surface area contributed by atoms with Crippen LogP contribution in [0.4, 0.5) is 0 Å². The van der Waals surface area contributed by atoms with Gasteiger partial charge in [0.05, 0.1) is 13.2 Å². The molecule has 1 heterocycles. The van der Waals surface area contributed by atoms with Crippen LogP contribution in [0.15, 0.2) is 0 Å². The second-order valence-corrected chi connectivity index (χ2v) is 6.36. The van der Waals surface area contributed by atoms with Crippen LogP contribution in [0.2, 0.25) is 0 Å². The first-order valence-corrected chi connectivity index (χ1v) is 8.39. The van der Waals surface area contributed by atoms with Crippen molar-refractivity contribution >= 4 is 0 Å². The Morgan fingerprint density at radius 3 is 2.70 bits per heavy atom. The van der Waals surface area contributed by atoms with Crippen molar-refractivity contribution in [2.75, 3.05) is 53.1 Å². The Morgan fingerprint density at radius 2 is 1.90 bits per heavy atom. The Morgan fingerprint density at radius 1 is 1.05 bits per heavy atom. The number of hydrogen-bond donors (Lipinski definition) is 1. The molecule has 0 radical (unpaired) electrons. The zero-order valence-electron chi connectivity index (χ0n) is 13.2. The Labute approximate surface area is 124 Å². The standard InChI is InChI=1S/C16H32N2O2/c1-19-13-14-20-12-5-4-10-18-11-6-9-17-16(15-18)7-2-3-8-16/h17H,2-15H2,1H3. The van der Waals surface area contributed by atoms with E-state index in [-0.39, 0.29) is 0 Å². The van der Waals surface area contributed by atoms with Gasteiger partial charge in [0.1, 0.15) is 0 Å². The third-order valence-corrected chi connectivity index (χ3v) is 4.68. The SMILES string of the molecule is COCCOCCCCN1CCCNC2(CCCC2)C1. The molecule has 0 atom stereocenters. The van der Waals surface area contributed by atoms with E-state index in [1.165, 1.54) is 71.1 Å². The molecule has 0 aromatic carbocycles. The van der Waals surface area contributed by atoms with Gasteiger partial charge in [0.25, 0.3) is 0 Å². The number of ether oxygens (including phenoxy) is 2. The summed E-state index contributed by atoms with van der Waals surface area (Å²) in [4.78, 5) is 2.68. The van der Waals surface area contributed by atoms with Crippen LogP contribution in [-0.4, -0.2) is 63.5 Å². The van der Waals surface area contributed by atoms with E-state index < -0.39 is 0 Å². The lowest BCUT2D eigenvalue weighted by atomic mass is 9.97. The molecule has 1 aliphatic carbocycles. The monoisotopic (exact) mass is 284 g/mol. The second kappa shape index (κ2) is 8.98. The maximum absolute atomic E-state index is 5.53. The minimum absolute atomic E-state index is 0.450. The minimum Gasteiger partial charge on any atom is -0.382 e. The molecule has 20 heavy (non-hydrogen) atoms. The maximum Gasteiger partial charge on any atom is 0.0700 e. The first kappa shape index (κ1) is 16.2. The van der Waals surface area contributed by atoms with Gasteiger partial charge in [0, 0.05) is 25.8 Å². The molecule has 1 saturated heterocycles. The van der Waals surface area contributed by atoms with Crippen LogP contribution in [0.1, 0.15) is 44.9 Å². The number of nitrogens with one attached hydrogen (secondary N) is 1. The lowest BCUT2D eigenvalue weighted by molar-refractivity contribution is 0.0673. The van der Waals surface area contributed by atoms with Crippen molar-refractivity contribution in [2.45, 2.75) is 50.5 Å². The summed E-state index contributed by atoms with van der Waals surface area (Å²) in [6.45, 7) is 7.28. The topological polar surface area (TPSA) is 33.7 Å². The summed E-state index contributed by atoms with van der Waals surface area (Å²) < 4.78 is 10.5. The van der Waals surface area contributed by atoms with Crippen LogP contribution in [0.5, 0.6) is 0 Å². The van der Waals surface area contributed by atoms with E-state index in [2.05, 4.69) is 10.2 Å². The van der Waals surface area contributed by atoms with Crippen LogP contribution >= 0.6 is 0 Å². The summed E-state index contributed by atoms with van der Waals surface area (Å²) in [5, 5.41) is 3.83. The molecular formula is C16H32N2O2. The summed E-state index contributed by atoms with van der Waals surface area (Å²) in [5.74, 6) is 0. The second-order valence-electron chi connectivity index (χ2n) is 6.36. The maximum atomic E-state index is 5.53. The highest BCUT2D eigenvalue weighted by atomic mass is 16.5. The van der Waals surface area contributed by atoms with Gasteiger partial charge in [-0.3, -0.25) is 0 Å². The molecule has 1 N–H and O–H groups in total. The summed E-state index contributed by atoms with van der Waals surface area (Å²) >= 11 is 0. The molecule has 0 bridgehead atoms. The van der Waals surface area contributed by atoms with E-state index >= 15 is 0 Å². The summed E-state index contributed by atoms with van der Waals surface area (Å²) in [6, 6.07) is 0. The Balaban J connectivity index is 1.59. The van der Waals surface area contributed by atoms with E-state index in [0.29, 0.717) is 12.1 Å². The predicted molar refractivity (Wildman–Crippen MR) is 82.2 cm³/mol. The molecular weight excluding hydrogens is 252 g/mol. The normalized spacial score (nSPS) is 23.2. The molecule has 2 fully saturated rings. The Bertz CT molecular complexity index is 255. The lowest BCUT2D eigenvalue weighted by Gasteiger charge is -2.33. The third-order valence-electron chi connectivity index (χ3n) is 4.68. The number of rotatable bonds is 8. The summed E-state index contributed by atoms with van der Waals surface area (Å²) in [5.41, 5.74) is 0.450. The first-order chi connectivity index (χ1) is 9.85. The van der Waals surface area contributed by atoms with Crippen molar-refractivity contribution in [1.82, 2.24) is 10.2 Å². The molecule has 0 aromatic heterocycles. The lowest BCUT2D eigenvalue weighted by Crippen LogP contribution is -2.49. The predicted octanol–water partition coefficient (Wildman–Crippen LogP) is 2.04. The molecule has 2 rings (SSSR count). The largest absolute Gasteiger partial charge is 0.382 e. The van der Waals surface area contributed by atoms with Crippen LogP contribution < -0.4 is 5.32 Å². The van der Waals surface area contributed by atoms with Gasteiger partial charge in [-0.1, -0.05) is 12.8 Å². The fraction of sp³-hybridized carbons (Fsp3) is 1.00. The van der Waals surface area contributed by atoms with Crippen molar-refractivity contribution in [3.63, 3.8) is 0 Å². The number of methoxy groups -OCH3 is 1. The fourth-order valence-electron chi connectivity index (χ4n) is 3.58. The summed E-state index contributed by atoms with van der Waals surface area (Å²) in [6.07, 6.45) is 9.30. The molecule has 0 aromatic rings. The van der Waals surface area contributed by atoms with Crippen molar-refractivity contribution in [3.8, 4) is 0 Å². The van der Waals surface area contributed by atoms with E-state index in [1.54, 1.807) is 7.11 Å². The highest BCUT2D eigenvalue weighted by molar-refractivity contribution is 4.96. The van der Waals surface area contributed by atoms with Crippen molar-refractivity contribution in [1.29, 1.82) is 0 Å². The average Bonchev–Trinajstić information content (AvgIpc) is 2.80. The first-order valence-electron chi connectivity index (χ1n) is 8.39. The van der Waals surface area contributed by atoms with Crippen LogP contribution in [0, 0.1) is 0 Å². The van der Waals surface area contributed by atoms with Gasteiger partial charge < -0.3 is 19.7 Å². The van der Waals surface area contributed by atoms with Gasteiger partial charge in [-0.05, 0) is 51.7 Å². The fourth-order valence-corrected chi connectivity index (χ4v) is 3.58. The summed E-state index contributed by atoms with van der Waals surface area (Å²) in [7, 11) is 1.72. The molecule has 118 valence electrons. The van der Waals surface area contributed by atoms with Gasteiger partial charge >= 0.3 is 0 Å². The van der Waals surface area contributed by atoms with E-state index in [4.69, 9.17) is 9.47 Å². The van der Waals surface area contributed by atoms with Crippen molar-refractivity contribution < 1.29 is 9.47 Å². The van der Waals surface area contributed by atoms with Crippen LogP contribution in [0.3, 0.4) is 0 Å². The van der Waals surface area contributed by atoms with E-state index in [0.717, 1.165) is 13.2 Å². The van der Waals surface area contributed by atoms with Crippen LogP contribution in [0.25, 0.3) is 0 Å². The zero-order chi connectivity index (χ0) is 14.1. The quantitative estimate of drug-likeness (QED) is 0.692. The van der Waals surface area contributed by atoms with Crippen molar-refractivity contribution in [3.05, 3.63) is 0 Å². The molecule has 4 nitrogen and oxygen atoms in total. The van der Waals surface area contributed by atoms with E-state index in [9.17, 15) is 0 Å². The molecule has 0 unspecified atom stereocenters. The molecule has 2 aliphatic rings. The molecule has 1 spiro atoms. The van der Waals surface area contributed by atoms with E-state index in [1.807, 2.05) is 0 Å². The molecule has 1 aliphatic heterocycles. The Kier molecular flexibility index (Phi) is 7.28. The van der Waals surface area contributed by atoms with Gasteiger partial charge in [0.2, 0.25) is 0 Å². The smallest absolute Gasteiger partial charge is 0.0700 e. The van der Waals surface area contributed by atoms with Crippen LogP contribution in [-0.2, 0) is 9.47 Å². The average molecular weight is 284 g/mol. The van der Waals surface area contributed by atoms with Gasteiger partial charge in [-0.2, -0.15) is 0 Å². The number of nitrogens with zero attached hydrogens (tertiary/aromatic N) is 1. The van der Waals surface area contributed by atoms with Crippen molar-refractivity contribution in [2.24, 2.45) is 0 Å². The molecule has 4 heteroatoms. The Hall–Kier alpha value is -0.160. The zero-order valence-corrected chi connectivity index (χ0v) is 13.2.